The van der Waals surface area contributed by atoms with Gasteiger partial charge >= 0.3 is 5.97 Å². The lowest BCUT2D eigenvalue weighted by atomic mass is 10.2. The molecule has 1 rings (SSSR count). The van der Waals surface area contributed by atoms with E-state index in [0.29, 0.717) is 12.2 Å². The molecule has 0 N–H and O–H groups in total. The van der Waals surface area contributed by atoms with Crippen LogP contribution in [0, 0.1) is 0 Å². The molecule has 1 aromatic rings. The van der Waals surface area contributed by atoms with Crippen molar-refractivity contribution in [1.82, 2.24) is 4.98 Å². The molecule has 0 bridgehead atoms. The molecule has 0 atom stereocenters. The third-order valence-electron chi connectivity index (χ3n) is 1.62. The molecule has 1 heterocycles. The molecule has 5 heteroatoms. The van der Waals surface area contributed by atoms with Gasteiger partial charge in [0.2, 0.25) is 0 Å². The van der Waals surface area contributed by atoms with Crippen molar-refractivity contribution in [1.29, 1.82) is 0 Å². The predicted octanol–water partition coefficient (Wildman–Crippen LogP) is 1.67. The molecule has 0 spiro atoms. The number of carbonyl (C=O) groups is 1. The fraction of sp³-hybridized carbons (Fsp3) is 0.333. The van der Waals surface area contributed by atoms with Crippen LogP contribution in [0.3, 0.4) is 0 Å². The summed E-state index contributed by atoms with van der Waals surface area (Å²) in [7, 11) is 2.83. The highest BCUT2D eigenvalue weighted by atomic mass is 35.5. The van der Waals surface area contributed by atoms with Gasteiger partial charge in [0.1, 0.15) is 5.15 Å². The summed E-state index contributed by atoms with van der Waals surface area (Å²) in [6, 6.07) is 3.29. The van der Waals surface area contributed by atoms with Gasteiger partial charge in [-0.05, 0) is 6.07 Å². The molecule has 76 valence electrons. The number of carbonyl (C=O) groups excluding carboxylic acids is 1. The van der Waals surface area contributed by atoms with Gasteiger partial charge in [0, 0.05) is 12.7 Å². The maximum Gasteiger partial charge on any atom is 0.357 e. The summed E-state index contributed by atoms with van der Waals surface area (Å²) < 4.78 is 9.47. The summed E-state index contributed by atoms with van der Waals surface area (Å²) in [5.41, 5.74) is 0.852. The van der Waals surface area contributed by atoms with E-state index in [1.807, 2.05) is 0 Å². The first-order valence-corrected chi connectivity index (χ1v) is 4.29. The van der Waals surface area contributed by atoms with Gasteiger partial charge in [0.05, 0.1) is 13.7 Å². The van der Waals surface area contributed by atoms with Crippen molar-refractivity contribution in [2.24, 2.45) is 0 Å². The second-order valence-electron chi connectivity index (χ2n) is 2.57. The minimum Gasteiger partial charge on any atom is -0.464 e. The zero-order chi connectivity index (χ0) is 10.6. The Bertz CT molecular complexity index is 341. The Kier molecular flexibility index (Phi) is 3.85. The molecule has 0 aliphatic rings. The summed E-state index contributed by atoms with van der Waals surface area (Å²) in [4.78, 5) is 15.1. The number of pyridine rings is 1. The van der Waals surface area contributed by atoms with Crippen molar-refractivity contribution in [2.75, 3.05) is 14.2 Å². The minimum absolute atomic E-state index is 0.196. The summed E-state index contributed by atoms with van der Waals surface area (Å²) in [6.07, 6.45) is 0. The molecular formula is C9H10ClNO3. The Labute approximate surface area is 86.8 Å². The Hall–Kier alpha value is -1.13. The number of nitrogens with zero attached hydrogens (tertiary/aromatic N) is 1. The van der Waals surface area contributed by atoms with Crippen molar-refractivity contribution in [3.05, 3.63) is 28.5 Å². The van der Waals surface area contributed by atoms with Crippen LogP contribution < -0.4 is 0 Å². The highest BCUT2D eigenvalue weighted by molar-refractivity contribution is 6.29. The van der Waals surface area contributed by atoms with Crippen LogP contribution in [-0.2, 0) is 16.1 Å². The van der Waals surface area contributed by atoms with Crippen LogP contribution in [0.15, 0.2) is 12.1 Å². The lowest BCUT2D eigenvalue weighted by Crippen LogP contribution is -2.09. The van der Waals surface area contributed by atoms with E-state index in [1.54, 1.807) is 12.1 Å². The molecule has 0 aliphatic carbocycles. The highest BCUT2D eigenvalue weighted by Gasteiger charge is 2.13. The lowest BCUT2D eigenvalue weighted by molar-refractivity contribution is 0.0588. The van der Waals surface area contributed by atoms with Crippen LogP contribution >= 0.6 is 11.6 Å². The Morgan fingerprint density at radius 1 is 1.50 bits per heavy atom. The number of halogens is 1. The van der Waals surface area contributed by atoms with E-state index in [0.717, 1.165) is 0 Å². The van der Waals surface area contributed by atoms with E-state index in [-0.39, 0.29) is 10.8 Å². The summed E-state index contributed by atoms with van der Waals surface area (Å²) in [5, 5.41) is 0.255. The normalized spacial score (nSPS) is 9.93. The lowest BCUT2D eigenvalue weighted by Gasteiger charge is -2.05. The first kappa shape index (κ1) is 10.9. The molecule has 4 nitrogen and oxygen atoms in total. The van der Waals surface area contributed by atoms with E-state index in [4.69, 9.17) is 16.3 Å². The largest absolute Gasteiger partial charge is 0.464 e. The monoisotopic (exact) mass is 215 g/mol. The van der Waals surface area contributed by atoms with E-state index in [2.05, 4.69) is 9.72 Å². The summed E-state index contributed by atoms with van der Waals surface area (Å²) in [5.74, 6) is -0.514. The topological polar surface area (TPSA) is 48.4 Å². The van der Waals surface area contributed by atoms with Gasteiger partial charge in [-0.1, -0.05) is 17.7 Å². The van der Waals surface area contributed by atoms with Crippen molar-refractivity contribution in [3.63, 3.8) is 0 Å². The molecule has 0 aromatic carbocycles. The average molecular weight is 216 g/mol. The maximum absolute atomic E-state index is 11.3. The molecule has 0 unspecified atom stereocenters. The van der Waals surface area contributed by atoms with Gasteiger partial charge in [-0.2, -0.15) is 0 Å². The highest BCUT2D eigenvalue weighted by Crippen LogP contribution is 2.13. The zero-order valence-electron chi connectivity index (χ0n) is 7.91. The standard InChI is InChI=1S/C9H10ClNO3/c1-13-5-6-3-4-7(10)11-8(6)9(12)14-2/h3-4H,5H2,1-2H3. The molecule has 0 aliphatic heterocycles. The van der Waals surface area contributed by atoms with E-state index in [1.165, 1.54) is 14.2 Å². The van der Waals surface area contributed by atoms with Crippen LogP contribution in [0.5, 0.6) is 0 Å². The van der Waals surface area contributed by atoms with Crippen molar-refractivity contribution in [2.45, 2.75) is 6.61 Å². The Balaban J connectivity index is 3.08. The molecule has 0 fully saturated rings. The summed E-state index contributed by atoms with van der Waals surface area (Å²) >= 11 is 5.66. The van der Waals surface area contributed by atoms with Gasteiger partial charge in [-0.3, -0.25) is 0 Å². The minimum atomic E-state index is -0.514. The number of rotatable bonds is 3. The molecule has 0 amide bonds. The third-order valence-corrected chi connectivity index (χ3v) is 1.83. The SMILES string of the molecule is COCc1ccc(Cl)nc1C(=O)OC. The van der Waals surface area contributed by atoms with E-state index in [9.17, 15) is 4.79 Å². The number of esters is 1. The first-order chi connectivity index (χ1) is 6.69. The van der Waals surface area contributed by atoms with Gasteiger partial charge in [0.15, 0.2) is 5.69 Å². The number of ether oxygens (including phenoxy) is 2. The third kappa shape index (κ3) is 2.43. The van der Waals surface area contributed by atoms with E-state index >= 15 is 0 Å². The Morgan fingerprint density at radius 2 is 2.21 bits per heavy atom. The van der Waals surface area contributed by atoms with Crippen LogP contribution in [0.2, 0.25) is 5.15 Å². The van der Waals surface area contributed by atoms with Crippen molar-refractivity contribution < 1.29 is 14.3 Å². The second-order valence-corrected chi connectivity index (χ2v) is 2.95. The fourth-order valence-electron chi connectivity index (χ4n) is 1.01. The van der Waals surface area contributed by atoms with Gasteiger partial charge < -0.3 is 9.47 Å². The maximum atomic E-state index is 11.3. The molecule has 0 saturated heterocycles. The second kappa shape index (κ2) is 4.93. The number of hydrogen-bond donors (Lipinski definition) is 0. The van der Waals surface area contributed by atoms with Crippen LogP contribution in [0.4, 0.5) is 0 Å². The van der Waals surface area contributed by atoms with Gasteiger partial charge in [-0.15, -0.1) is 0 Å². The molecular weight excluding hydrogens is 206 g/mol. The predicted molar refractivity (Wildman–Crippen MR) is 51.3 cm³/mol. The Morgan fingerprint density at radius 3 is 2.79 bits per heavy atom. The van der Waals surface area contributed by atoms with E-state index < -0.39 is 5.97 Å². The van der Waals surface area contributed by atoms with Crippen LogP contribution in [0.1, 0.15) is 16.1 Å². The van der Waals surface area contributed by atoms with Crippen LogP contribution in [0.25, 0.3) is 0 Å². The van der Waals surface area contributed by atoms with Crippen molar-refractivity contribution >= 4 is 17.6 Å². The first-order valence-electron chi connectivity index (χ1n) is 3.91. The van der Waals surface area contributed by atoms with Gasteiger partial charge in [0.25, 0.3) is 0 Å². The van der Waals surface area contributed by atoms with Crippen molar-refractivity contribution in [3.8, 4) is 0 Å². The number of aromatic nitrogens is 1. The zero-order valence-corrected chi connectivity index (χ0v) is 8.67. The van der Waals surface area contributed by atoms with Gasteiger partial charge in [-0.25, -0.2) is 9.78 Å². The number of methoxy groups -OCH3 is 2. The summed E-state index contributed by atoms with van der Waals surface area (Å²) in [6.45, 7) is 0.300. The molecule has 1 aromatic heterocycles. The smallest absolute Gasteiger partial charge is 0.357 e. The quantitative estimate of drug-likeness (QED) is 0.569. The molecule has 0 saturated carbocycles. The molecule has 0 radical (unpaired) electrons. The molecule has 14 heavy (non-hydrogen) atoms. The average Bonchev–Trinajstić information content (AvgIpc) is 2.20. The fourth-order valence-corrected chi connectivity index (χ4v) is 1.16. The number of hydrogen-bond acceptors (Lipinski definition) is 4. The van der Waals surface area contributed by atoms with Crippen LogP contribution in [-0.4, -0.2) is 25.2 Å².